The van der Waals surface area contributed by atoms with Crippen molar-refractivity contribution >= 4 is 37.5 Å². The normalized spacial score (nSPS) is 11.5. The number of fused-ring (bicyclic) bond motifs is 1. The number of amides is 1. The quantitative estimate of drug-likeness (QED) is 0.764. The lowest BCUT2D eigenvalue weighted by Crippen LogP contribution is -2.30. The van der Waals surface area contributed by atoms with Crippen LogP contribution in [-0.2, 0) is 17.1 Å². The van der Waals surface area contributed by atoms with Gasteiger partial charge >= 0.3 is 4.87 Å². The van der Waals surface area contributed by atoms with Crippen molar-refractivity contribution < 1.29 is 13.2 Å². The Morgan fingerprint density at radius 2 is 1.91 bits per heavy atom. The second-order valence-electron chi connectivity index (χ2n) is 4.73. The van der Waals surface area contributed by atoms with Crippen molar-refractivity contribution in [1.29, 1.82) is 0 Å². The molecule has 0 saturated heterocycles. The molecule has 1 N–H and O–H groups in total. The molecule has 7 nitrogen and oxygen atoms in total. The average Bonchev–Trinajstić information content (AvgIpc) is 2.82. The second kappa shape index (κ2) is 5.60. The number of hydrogen-bond donors (Lipinski definition) is 1. The number of thiazole rings is 1. The Labute approximate surface area is 135 Å². The highest BCUT2D eigenvalue weighted by atomic mass is 32.2. The number of hydrogen-bond acceptors (Lipinski definition) is 6. The van der Waals surface area contributed by atoms with Crippen LogP contribution in [0.25, 0.3) is 10.2 Å². The molecular weight excluding hydrogens is 338 g/mol. The first-order valence-corrected chi connectivity index (χ1v) is 8.75. The molecule has 0 radical (unpaired) electrons. The van der Waals surface area contributed by atoms with Crippen LogP contribution < -0.4 is 9.60 Å². The van der Waals surface area contributed by atoms with Gasteiger partial charge in [-0.25, -0.2) is 13.1 Å². The number of aromatic nitrogens is 2. The van der Waals surface area contributed by atoms with Gasteiger partial charge < -0.3 is 4.57 Å². The summed E-state index contributed by atoms with van der Waals surface area (Å²) in [7, 11) is -2.42. The summed E-state index contributed by atoms with van der Waals surface area (Å²) < 4.78 is 28.6. The number of aryl methyl sites for hydroxylation is 1. The summed E-state index contributed by atoms with van der Waals surface area (Å²) >= 11 is 0.946. The number of pyridine rings is 1. The lowest BCUT2D eigenvalue weighted by atomic mass is 10.3. The van der Waals surface area contributed by atoms with Crippen LogP contribution in [-0.4, -0.2) is 23.9 Å². The van der Waals surface area contributed by atoms with Crippen molar-refractivity contribution in [2.24, 2.45) is 7.05 Å². The highest BCUT2D eigenvalue weighted by Crippen LogP contribution is 2.21. The average molecular weight is 349 g/mol. The van der Waals surface area contributed by atoms with E-state index >= 15 is 0 Å². The van der Waals surface area contributed by atoms with Gasteiger partial charge in [-0.15, -0.1) is 0 Å². The van der Waals surface area contributed by atoms with E-state index in [1.54, 1.807) is 13.1 Å². The standard InChI is InChI=1S/C14H11N3O4S2/c1-17-11-3-2-10(8-12(11)22-14(17)19)23(20,21)16-13(18)9-4-6-15-7-5-9/h2-8H,1H3,(H,16,18). The van der Waals surface area contributed by atoms with Gasteiger partial charge in [0.1, 0.15) is 0 Å². The predicted molar refractivity (Wildman–Crippen MR) is 86.0 cm³/mol. The van der Waals surface area contributed by atoms with E-state index in [2.05, 4.69) is 4.98 Å². The Hall–Kier alpha value is -2.52. The predicted octanol–water partition coefficient (Wildman–Crippen LogP) is 1.11. The van der Waals surface area contributed by atoms with Crippen molar-refractivity contribution in [3.63, 3.8) is 0 Å². The molecule has 0 bridgehead atoms. The smallest absolute Gasteiger partial charge is 0.302 e. The van der Waals surface area contributed by atoms with Crippen molar-refractivity contribution in [3.8, 4) is 0 Å². The first-order valence-electron chi connectivity index (χ1n) is 6.45. The zero-order valence-corrected chi connectivity index (χ0v) is 13.5. The molecule has 3 rings (SSSR count). The highest BCUT2D eigenvalue weighted by molar-refractivity contribution is 7.90. The van der Waals surface area contributed by atoms with Crippen LogP contribution in [0.1, 0.15) is 10.4 Å². The third-order valence-electron chi connectivity index (χ3n) is 3.24. The summed E-state index contributed by atoms with van der Waals surface area (Å²) in [5.74, 6) is -0.742. The van der Waals surface area contributed by atoms with E-state index in [1.165, 1.54) is 41.2 Å². The van der Waals surface area contributed by atoms with Gasteiger partial charge in [0.15, 0.2) is 0 Å². The second-order valence-corrected chi connectivity index (χ2v) is 7.40. The van der Waals surface area contributed by atoms with Crippen LogP contribution in [0, 0.1) is 0 Å². The van der Waals surface area contributed by atoms with E-state index in [0.717, 1.165) is 11.3 Å². The third-order valence-corrected chi connectivity index (χ3v) is 5.57. The van der Waals surface area contributed by atoms with Crippen LogP contribution in [0.5, 0.6) is 0 Å². The third kappa shape index (κ3) is 2.88. The molecule has 0 aliphatic heterocycles. The molecule has 118 valence electrons. The zero-order valence-electron chi connectivity index (χ0n) is 11.9. The van der Waals surface area contributed by atoms with Gasteiger partial charge in [0.25, 0.3) is 15.9 Å². The van der Waals surface area contributed by atoms with Crippen LogP contribution in [0.15, 0.2) is 52.4 Å². The molecule has 0 atom stereocenters. The fraction of sp³-hybridized carbons (Fsp3) is 0.0714. The molecule has 0 unspecified atom stereocenters. The molecule has 0 spiro atoms. The maximum atomic E-state index is 12.3. The molecule has 23 heavy (non-hydrogen) atoms. The van der Waals surface area contributed by atoms with Crippen molar-refractivity contribution in [2.75, 3.05) is 0 Å². The Balaban J connectivity index is 1.96. The summed E-state index contributed by atoms with van der Waals surface area (Å²) in [5.41, 5.74) is 0.827. The first-order chi connectivity index (χ1) is 10.9. The highest BCUT2D eigenvalue weighted by Gasteiger charge is 2.20. The number of rotatable bonds is 3. The van der Waals surface area contributed by atoms with E-state index < -0.39 is 15.9 Å². The molecule has 3 aromatic rings. The molecule has 1 aromatic carbocycles. The maximum Gasteiger partial charge on any atom is 0.307 e. The number of nitrogens with one attached hydrogen (secondary N) is 1. The number of sulfonamides is 1. The summed E-state index contributed by atoms with van der Waals surface area (Å²) in [4.78, 5) is 27.1. The van der Waals surface area contributed by atoms with Gasteiger partial charge in [0.2, 0.25) is 0 Å². The summed E-state index contributed by atoms with van der Waals surface area (Å²) in [6, 6.07) is 7.10. The largest absolute Gasteiger partial charge is 0.307 e. The minimum absolute atomic E-state index is 0.0748. The van der Waals surface area contributed by atoms with Crippen molar-refractivity contribution in [1.82, 2.24) is 14.3 Å². The molecule has 9 heteroatoms. The fourth-order valence-corrected chi connectivity index (χ4v) is 4.02. The van der Waals surface area contributed by atoms with Gasteiger partial charge in [0, 0.05) is 25.0 Å². The summed E-state index contributed by atoms with van der Waals surface area (Å²) in [6.45, 7) is 0. The zero-order chi connectivity index (χ0) is 16.6. The Bertz CT molecular complexity index is 1050. The molecule has 0 aliphatic rings. The first kappa shape index (κ1) is 15.4. The van der Waals surface area contributed by atoms with Gasteiger partial charge in [-0.2, -0.15) is 0 Å². The molecule has 0 fully saturated rings. The topological polar surface area (TPSA) is 98.1 Å². The maximum absolute atomic E-state index is 12.3. The monoisotopic (exact) mass is 349 g/mol. The number of benzene rings is 1. The van der Waals surface area contributed by atoms with Crippen molar-refractivity contribution in [2.45, 2.75) is 4.90 Å². The number of carbonyl (C=O) groups excluding carboxylic acids is 1. The minimum atomic E-state index is -4.03. The molecular formula is C14H11N3O4S2. The SMILES string of the molecule is Cn1c(=O)sc2cc(S(=O)(=O)NC(=O)c3ccncc3)ccc21. The number of carbonyl (C=O) groups is 1. The van der Waals surface area contributed by atoms with Gasteiger partial charge in [-0.1, -0.05) is 11.3 Å². The van der Waals surface area contributed by atoms with Gasteiger partial charge in [-0.3, -0.25) is 14.6 Å². The van der Waals surface area contributed by atoms with Crippen LogP contribution in [0.3, 0.4) is 0 Å². The molecule has 2 aromatic heterocycles. The van der Waals surface area contributed by atoms with Gasteiger partial charge in [0.05, 0.1) is 15.1 Å². The summed E-state index contributed by atoms with van der Waals surface area (Å²) in [5, 5.41) is 0. The Kier molecular flexibility index (Phi) is 3.74. The summed E-state index contributed by atoms with van der Waals surface area (Å²) in [6.07, 6.45) is 2.80. The van der Waals surface area contributed by atoms with Crippen molar-refractivity contribution in [3.05, 3.63) is 58.0 Å². The Morgan fingerprint density at radius 1 is 1.22 bits per heavy atom. The van der Waals surface area contributed by atoms with E-state index in [1.807, 2.05) is 4.72 Å². The molecule has 2 heterocycles. The van der Waals surface area contributed by atoms with E-state index in [-0.39, 0.29) is 15.3 Å². The Morgan fingerprint density at radius 3 is 2.61 bits per heavy atom. The van der Waals surface area contributed by atoms with E-state index in [0.29, 0.717) is 10.2 Å². The van der Waals surface area contributed by atoms with Crippen LogP contribution >= 0.6 is 11.3 Å². The van der Waals surface area contributed by atoms with Crippen LogP contribution in [0.2, 0.25) is 0 Å². The van der Waals surface area contributed by atoms with Gasteiger partial charge in [-0.05, 0) is 30.3 Å². The fourth-order valence-electron chi connectivity index (χ4n) is 2.02. The molecule has 0 saturated carbocycles. The molecule has 0 aliphatic carbocycles. The lowest BCUT2D eigenvalue weighted by molar-refractivity contribution is 0.0981. The van der Waals surface area contributed by atoms with E-state index in [9.17, 15) is 18.0 Å². The van der Waals surface area contributed by atoms with Crippen LogP contribution in [0.4, 0.5) is 0 Å². The molecule has 1 amide bonds. The lowest BCUT2D eigenvalue weighted by Gasteiger charge is -2.07. The minimum Gasteiger partial charge on any atom is -0.302 e. The van der Waals surface area contributed by atoms with E-state index in [4.69, 9.17) is 0 Å². The number of nitrogens with zero attached hydrogens (tertiary/aromatic N) is 2.